The molecular weight excluding hydrogens is 527 g/mol. The molecule has 0 fully saturated rings. The zero-order valence-corrected chi connectivity index (χ0v) is 23.3. The minimum Gasteiger partial charge on any atom is -0.490 e. The van der Waals surface area contributed by atoms with Gasteiger partial charge in [0.2, 0.25) is 0 Å². The molecule has 0 saturated heterocycles. The maximum absolute atomic E-state index is 14.3. The molecule has 4 aromatic rings. The highest BCUT2D eigenvalue weighted by atomic mass is 35.5. The number of anilines is 2. The van der Waals surface area contributed by atoms with Crippen LogP contribution < -0.4 is 20.1 Å². The summed E-state index contributed by atoms with van der Waals surface area (Å²) < 4.78 is 29.2. The molecule has 0 atom stereocenters. The fourth-order valence-corrected chi connectivity index (χ4v) is 4.48. The van der Waals surface area contributed by atoms with Gasteiger partial charge >= 0.3 is 0 Å². The molecule has 4 rings (SSSR count). The van der Waals surface area contributed by atoms with Crippen molar-refractivity contribution in [3.63, 3.8) is 0 Å². The summed E-state index contributed by atoms with van der Waals surface area (Å²) in [5.74, 6) is 1.07. The number of aryl methyl sites for hydroxylation is 1. The van der Waals surface area contributed by atoms with E-state index >= 15 is 0 Å². The Labute approximate surface area is 231 Å². The topological polar surface area (TPSA) is 78.2 Å². The summed E-state index contributed by atoms with van der Waals surface area (Å²) in [6.07, 6.45) is 3.57. The molecule has 2 aromatic carbocycles. The molecule has 0 unspecified atom stereocenters. The summed E-state index contributed by atoms with van der Waals surface area (Å²) >= 11 is 11.7. The molecule has 0 aliphatic rings. The minimum atomic E-state index is -0.367. The van der Waals surface area contributed by atoms with E-state index in [-0.39, 0.29) is 12.4 Å². The van der Waals surface area contributed by atoms with E-state index in [2.05, 4.69) is 20.8 Å². The highest BCUT2D eigenvalue weighted by molar-refractivity contribution is 7.80. The Morgan fingerprint density at radius 1 is 1.05 bits per heavy atom. The number of benzene rings is 2. The van der Waals surface area contributed by atoms with Crippen molar-refractivity contribution in [1.82, 2.24) is 19.6 Å². The summed E-state index contributed by atoms with van der Waals surface area (Å²) in [6, 6.07) is 10.5. The second kappa shape index (κ2) is 12.3. The van der Waals surface area contributed by atoms with E-state index in [1.807, 2.05) is 56.8 Å². The number of thiocarbonyl (C=S) groups is 1. The van der Waals surface area contributed by atoms with E-state index in [9.17, 15) is 4.39 Å². The Hall–Kier alpha value is -3.63. The van der Waals surface area contributed by atoms with Crippen molar-refractivity contribution in [3.8, 4) is 11.5 Å². The maximum atomic E-state index is 14.3. The van der Waals surface area contributed by atoms with E-state index in [0.29, 0.717) is 41.2 Å². The van der Waals surface area contributed by atoms with Gasteiger partial charge in [0.1, 0.15) is 5.82 Å². The average molecular weight is 557 g/mol. The minimum absolute atomic E-state index is 0.212. The zero-order chi connectivity index (χ0) is 27.2. The van der Waals surface area contributed by atoms with Crippen LogP contribution in [0.4, 0.5) is 15.8 Å². The molecule has 2 aromatic heterocycles. The number of aromatic nitrogens is 4. The van der Waals surface area contributed by atoms with E-state index in [1.54, 1.807) is 23.0 Å². The first kappa shape index (κ1) is 27.4. The first-order valence-electron chi connectivity index (χ1n) is 12.2. The first-order valence-corrected chi connectivity index (χ1v) is 13.0. The SMILES string of the molecule is CCOc1ccc(Cn2cc(NC(=S)Nc3c(C)nn(Cc4c(F)cccc4Cl)c3C)cn2)cc1OCC. The lowest BCUT2D eigenvalue weighted by Crippen LogP contribution is -2.19. The predicted octanol–water partition coefficient (Wildman–Crippen LogP) is 6.19. The van der Waals surface area contributed by atoms with Crippen molar-refractivity contribution < 1.29 is 13.9 Å². The Kier molecular flexibility index (Phi) is 8.85. The van der Waals surface area contributed by atoms with Crippen LogP contribution in [0.1, 0.15) is 36.4 Å². The smallest absolute Gasteiger partial charge is 0.175 e. The molecule has 0 bridgehead atoms. The molecule has 0 amide bonds. The molecular formula is C27H30ClFN6O2S. The number of hydrogen-bond donors (Lipinski definition) is 2. The quantitative estimate of drug-likeness (QED) is 0.225. The Morgan fingerprint density at radius 3 is 2.55 bits per heavy atom. The molecule has 0 aliphatic heterocycles. The second-order valence-electron chi connectivity index (χ2n) is 8.56. The normalized spacial score (nSPS) is 10.9. The van der Waals surface area contributed by atoms with Gasteiger partial charge in [0.15, 0.2) is 16.6 Å². The van der Waals surface area contributed by atoms with E-state index in [4.69, 9.17) is 33.3 Å². The lowest BCUT2D eigenvalue weighted by atomic mass is 10.2. The molecule has 2 N–H and O–H groups in total. The van der Waals surface area contributed by atoms with Gasteiger partial charge < -0.3 is 20.1 Å². The summed E-state index contributed by atoms with van der Waals surface area (Å²) in [6.45, 7) is 9.53. The van der Waals surface area contributed by atoms with Crippen LogP contribution in [-0.4, -0.2) is 37.9 Å². The first-order chi connectivity index (χ1) is 18.3. The van der Waals surface area contributed by atoms with Crippen molar-refractivity contribution in [3.05, 3.63) is 82.1 Å². The molecule has 200 valence electrons. The summed E-state index contributed by atoms with van der Waals surface area (Å²) in [4.78, 5) is 0. The Balaban J connectivity index is 1.40. The maximum Gasteiger partial charge on any atom is 0.175 e. The van der Waals surface area contributed by atoms with Crippen molar-refractivity contribution in [1.29, 1.82) is 0 Å². The van der Waals surface area contributed by atoms with Crippen LogP contribution in [0, 0.1) is 19.7 Å². The van der Waals surface area contributed by atoms with Gasteiger partial charge in [-0.25, -0.2) is 4.39 Å². The molecule has 0 saturated carbocycles. The predicted molar refractivity (Wildman–Crippen MR) is 152 cm³/mol. The zero-order valence-electron chi connectivity index (χ0n) is 21.7. The lowest BCUT2D eigenvalue weighted by Gasteiger charge is -2.12. The van der Waals surface area contributed by atoms with E-state index in [1.165, 1.54) is 6.07 Å². The van der Waals surface area contributed by atoms with E-state index in [0.717, 1.165) is 34.1 Å². The number of halogens is 2. The number of nitrogens with zero attached hydrogens (tertiary/aromatic N) is 4. The van der Waals surface area contributed by atoms with Crippen LogP contribution in [0.3, 0.4) is 0 Å². The van der Waals surface area contributed by atoms with Gasteiger partial charge in [0.05, 0.1) is 55.3 Å². The highest BCUT2D eigenvalue weighted by Gasteiger charge is 2.16. The highest BCUT2D eigenvalue weighted by Crippen LogP contribution is 2.29. The van der Waals surface area contributed by atoms with Crippen LogP contribution in [-0.2, 0) is 13.1 Å². The van der Waals surface area contributed by atoms with E-state index < -0.39 is 0 Å². The standard InChI is InChI=1S/C27H30ClFN6O2S/c1-5-36-24-11-10-19(12-25(24)37-6-2)14-34-15-20(13-30-34)31-27(38)32-26-17(3)33-35(18(26)4)16-21-22(28)8-7-9-23(21)29/h7-13,15H,5-6,14,16H2,1-4H3,(H2,31,32,38). The Morgan fingerprint density at radius 2 is 1.82 bits per heavy atom. The third kappa shape index (κ3) is 6.43. The number of hydrogen-bond acceptors (Lipinski definition) is 5. The number of rotatable bonds is 10. The third-order valence-corrected chi connectivity index (χ3v) is 6.39. The van der Waals surface area contributed by atoms with Crippen molar-refractivity contribution >= 4 is 40.3 Å². The van der Waals surface area contributed by atoms with Crippen LogP contribution >= 0.6 is 23.8 Å². The Bertz CT molecular complexity index is 1420. The van der Waals surface area contributed by atoms with Crippen LogP contribution in [0.2, 0.25) is 5.02 Å². The number of nitrogens with one attached hydrogen (secondary N) is 2. The molecule has 38 heavy (non-hydrogen) atoms. The van der Waals surface area contributed by atoms with Gasteiger partial charge in [-0.05, 0) is 69.7 Å². The monoisotopic (exact) mass is 556 g/mol. The van der Waals surface area contributed by atoms with Gasteiger partial charge in [-0.2, -0.15) is 10.2 Å². The molecule has 8 nitrogen and oxygen atoms in total. The van der Waals surface area contributed by atoms with Gasteiger partial charge in [-0.1, -0.05) is 23.7 Å². The van der Waals surface area contributed by atoms with Crippen molar-refractivity contribution in [2.75, 3.05) is 23.8 Å². The van der Waals surface area contributed by atoms with Crippen LogP contribution in [0.25, 0.3) is 0 Å². The number of ether oxygens (including phenoxy) is 2. The largest absolute Gasteiger partial charge is 0.490 e. The van der Waals surface area contributed by atoms with Crippen molar-refractivity contribution in [2.45, 2.75) is 40.8 Å². The molecule has 0 aliphatic carbocycles. The van der Waals surface area contributed by atoms with Gasteiger partial charge in [0.25, 0.3) is 0 Å². The van der Waals surface area contributed by atoms with Crippen molar-refractivity contribution in [2.24, 2.45) is 0 Å². The van der Waals surface area contributed by atoms with Crippen LogP contribution in [0.5, 0.6) is 11.5 Å². The lowest BCUT2D eigenvalue weighted by molar-refractivity contribution is 0.287. The average Bonchev–Trinajstić information content (AvgIpc) is 3.42. The molecule has 11 heteroatoms. The second-order valence-corrected chi connectivity index (χ2v) is 9.37. The summed E-state index contributed by atoms with van der Waals surface area (Å²) in [7, 11) is 0. The fraction of sp³-hybridized carbons (Fsp3) is 0.296. The molecule has 2 heterocycles. The molecule has 0 radical (unpaired) electrons. The fourth-order valence-electron chi connectivity index (χ4n) is 4.04. The summed E-state index contributed by atoms with van der Waals surface area (Å²) in [5.41, 5.74) is 4.44. The summed E-state index contributed by atoms with van der Waals surface area (Å²) in [5, 5.41) is 16.1. The van der Waals surface area contributed by atoms with Crippen LogP contribution in [0.15, 0.2) is 48.8 Å². The van der Waals surface area contributed by atoms with Gasteiger partial charge in [-0.15, -0.1) is 0 Å². The third-order valence-electron chi connectivity index (χ3n) is 5.83. The van der Waals surface area contributed by atoms with Gasteiger partial charge in [-0.3, -0.25) is 9.36 Å². The molecule has 0 spiro atoms. The van der Waals surface area contributed by atoms with Gasteiger partial charge in [0, 0.05) is 16.8 Å².